The Labute approximate surface area is 143 Å². The van der Waals surface area contributed by atoms with Crippen LogP contribution in [0, 0.1) is 0 Å². The van der Waals surface area contributed by atoms with E-state index in [2.05, 4.69) is 42.0 Å². The lowest BCUT2D eigenvalue weighted by Crippen LogP contribution is -2.22. The second kappa shape index (κ2) is 6.54. The van der Waals surface area contributed by atoms with Crippen LogP contribution in [0.5, 0.6) is 5.75 Å². The van der Waals surface area contributed by atoms with Crippen molar-refractivity contribution in [3.05, 3.63) is 40.8 Å². The second-order valence-electron chi connectivity index (χ2n) is 5.29. The van der Waals surface area contributed by atoms with Gasteiger partial charge in [0.25, 0.3) is 0 Å². The zero-order chi connectivity index (χ0) is 16.4. The molecule has 23 heavy (non-hydrogen) atoms. The van der Waals surface area contributed by atoms with Gasteiger partial charge < -0.3 is 9.64 Å². The van der Waals surface area contributed by atoms with Gasteiger partial charge in [-0.05, 0) is 34.0 Å². The molecule has 2 heterocycles. The first-order valence-electron chi connectivity index (χ1n) is 7.28. The van der Waals surface area contributed by atoms with E-state index in [9.17, 15) is 0 Å². The lowest BCUT2D eigenvalue weighted by molar-refractivity contribution is 0.409. The van der Waals surface area contributed by atoms with Crippen LogP contribution in [0.15, 0.2) is 35.2 Å². The molecule has 3 rings (SSSR count). The maximum Gasteiger partial charge on any atom is 0.164 e. The highest BCUT2D eigenvalue weighted by Crippen LogP contribution is 2.29. The number of hydrogen-bond acceptors (Lipinski definition) is 5. The Morgan fingerprint density at radius 3 is 2.83 bits per heavy atom. The van der Waals surface area contributed by atoms with Crippen LogP contribution in [0.4, 0.5) is 5.82 Å². The van der Waals surface area contributed by atoms with E-state index in [1.165, 1.54) is 5.56 Å². The fourth-order valence-electron chi connectivity index (χ4n) is 2.62. The predicted octanol–water partition coefficient (Wildman–Crippen LogP) is 2.81. The van der Waals surface area contributed by atoms with E-state index in [4.69, 9.17) is 4.74 Å². The third-order valence-corrected chi connectivity index (χ3v) is 4.38. The maximum absolute atomic E-state index is 5.41. The number of nitrogens with zero attached hydrogens (tertiary/aromatic N) is 5. The van der Waals surface area contributed by atoms with Gasteiger partial charge in [0, 0.05) is 20.6 Å². The zero-order valence-electron chi connectivity index (χ0n) is 13.3. The fourth-order valence-corrected chi connectivity index (χ4v) is 3.21. The zero-order valence-corrected chi connectivity index (χ0v) is 14.9. The third kappa shape index (κ3) is 3.01. The van der Waals surface area contributed by atoms with Gasteiger partial charge in [0.1, 0.15) is 22.5 Å². The molecule has 2 aromatic heterocycles. The highest BCUT2D eigenvalue weighted by molar-refractivity contribution is 9.10. The fraction of sp³-hybridized carbons (Fsp3) is 0.312. The average Bonchev–Trinajstić information content (AvgIpc) is 2.87. The summed E-state index contributed by atoms with van der Waals surface area (Å²) in [6, 6.07) is 8.07. The van der Waals surface area contributed by atoms with Crippen molar-refractivity contribution in [1.29, 1.82) is 0 Å². The minimum atomic E-state index is 0.759. The molecule has 0 atom stereocenters. The van der Waals surface area contributed by atoms with Gasteiger partial charge in [0.15, 0.2) is 5.65 Å². The molecule has 0 aliphatic heterocycles. The largest absolute Gasteiger partial charge is 0.496 e. The molecule has 0 aliphatic carbocycles. The number of rotatable bonds is 5. The lowest BCUT2D eigenvalue weighted by atomic mass is 10.1. The van der Waals surface area contributed by atoms with Gasteiger partial charge in [-0.3, -0.25) is 0 Å². The average molecular weight is 376 g/mol. The number of benzene rings is 1. The SMILES string of the molecule is COc1ccccc1CCN(C)c1ncnc2c1c(Br)nn2C. The smallest absolute Gasteiger partial charge is 0.164 e. The molecule has 0 fully saturated rings. The molecule has 3 aromatic rings. The van der Waals surface area contributed by atoms with Gasteiger partial charge in [0.2, 0.25) is 0 Å². The Hall–Kier alpha value is -2.15. The van der Waals surface area contributed by atoms with Crippen molar-refractivity contribution < 1.29 is 4.74 Å². The molecule has 0 spiro atoms. The van der Waals surface area contributed by atoms with Crippen LogP contribution in [0.1, 0.15) is 5.56 Å². The van der Waals surface area contributed by atoms with Gasteiger partial charge in [-0.15, -0.1) is 0 Å². The van der Waals surface area contributed by atoms with Crippen LogP contribution in [-0.4, -0.2) is 40.5 Å². The Bertz CT molecular complexity index is 832. The number of aryl methyl sites for hydroxylation is 1. The summed E-state index contributed by atoms with van der Waals surface area (Å²) in [4.78, 5) is 10.9. The Kier molecular flexibility index (Phi) is 4.47. The first-order chi connectivity index (χ1) is 11.1. The number of aromatic nitrogens is 4. The van der Waals surface area contributed by atoms with E-state index >= 15 is 0 Å². The van der Waals surface area contributed by atoms with E-state index < -0.39 is 0 Å². The normalized spacial score (nSPS) is 11.0. The Balaban J connectivity index is 1.85. The number of anilines is 1. The summed E-state index contributed by atoms with van der Waals surface area (Å²) in [5, 5.41) is 5.29. The lowest BCUT2D eigenvalue weighted by Gasteiger charge is -2.19. The minimum Gasteiger partial charge on any atom is -0.496 e. The van der Waals surface area contributed by atoms with Crippen molar-refractivity contribution in [3.8, 4) is 5.75 Å². The molecular formula is C16H18BrN5O. The minimum absolute atomic E-state index is 0.759. The summed E-state index contributed by atoms with van der Waals surface area (Å²) in [5.41, 5.74) is 1.99. The van der Waals surface area contributed by atoms with Crippen molar-refractivity contribution in [2.24, 2.45) is 7.05 Å². The third-order valence-electron chi connectivity index (χ3n) is 3.83. The molecule has 0 bridgehead atoms. The summed E-state index contributed by atoms with van der Waals surface area (Å²) in [7, 11) is 5.60. The first kappa shape index (κ1) is 15.7. The summed E-state index contributed by atoms with van der Waals surface area (Å²) < 4.78 is 7.92. The molecule has 0 aliphatic rings. The second-order valence-corrected chi connectivity index (χ2v) is 6.04. The molecule has 120 valence electrons. The summed E-state index contributed by atoms with van der Waals surface area (Å²) >= 11 is 3.50. The molecule has 0 saturated heterocycles. The standard InChI is InChI=1S/C16H18BrN5O/c1-21(9-8-11-6-4-5-7-12(11)23-3)15-13-14(17)20-22(2)16(13)19-10-18-15/h4-7,10H,8-9H2,1-3H3. The number of hydrogen-bond donors (Lipinski definition) is 0. The number of methoxy groups -OCH3 is 1. The van der Waals surface area contributed by atoms with Crippen molar-refractivity contribution in [2.75, 3.05) is 25.6 Å². The number of halogens is 1. The Morgan fingerprint density at radius 2 is 2.04 bits per heavy atom. The molecule has 0 N–H and O–H groups in total. The van der Waals surface area contributed by atoms with E-state index in [1.54, 1.807) is 18.1 Å². The van der Waals surface area contributed by atoms with Crippen molar-refractivity contribution in [2.45, 2.75) is 6.42 Å². The van der Waals surface area contributed by atoms with Crippen LogP contribution in [0.3, 0.4) is 0 Å². The predicted molar refractivity (Wildman–Crippen MR) is 94.0 cm³/mol. The molecule has 0 unspecified atom stereocenters. The molecule has 6 nitrogen and oxygen atoms in total. The van der Waals surface area contributed by atoms with E-state index in [0.29, 0.717) is 0 Å². The molecule has 0 amide bonds. The molecule has 0 radical (unpaired) electrons. The number of para-hydroxylation sites is 1. The number of likely N-dealkylation sites (N-methyl/N-ethyl adjacent to an activating group) is 1. The van der Waals surface area contributed by atoms with Crippen LogP contribution >= 0.6 is 15.9 Å². The van der Waals surface area contributed by atoms with Gasteiger partial charge in [0.05, 0.1) is 12.5 Å². The van der Waals surface area contributed by atoms with Crippen molar-refractivity contribution in [1.82, 2.24) is 19.7 Å². The Morgan fingerprint density at radius 1 is 1.26 bits per heavy atom. The highest BCUT2D eigenvalue weighted by Gasteiger charge is 2.16. The van der Waals surface area contributed by atoms with E-state index in [-0.39, 0.29) is 0 Å². The molecule has 0 saturated carbocycles. The van der Waals surface area contributed by atoms with Crippen molar-refractivity contribution in [3.63, 3.8) is 0 Å². The first-order valence-corrected chi connectivity index (χ1v) is 8.07. The summed E-state index contributed by atoms with van der Waals surface area (Å²) in [5.74, 6) is 1.78. The quantitative estimate of drug-likeness (QED) is 0.686. The van der Waals surface area contributed by atoms with Crippen LogP contribution in [-0.2, 0) is 13.5 Å². The van der Waals surface area contributed by atoms with E-state index in [0.717, 1.165) is 40.2 Å². The van der Waals surface area contributed by atoms with Gasteiger partial charge in [-0.1, -0.05) is 18.2 Å². The van der Waals surface area contributed by atoms with Crippen LogP contribution < -0.4 is 9.64 Å². The van der Waals surface area contributed by atoms with Crippen LogP contribution in [0.2, 0.25) is 0 Å². The highest BCUT2D eigenvalue weighted by atomic mass is 79.9. The topological polar surface area (TPSA) is 56.1 Å². The molecule has 7 heteroatoms. The van der Waals surface area contributed by atoms with Gasteiger partial charge in [-0.2, -0.15) is 5.10 Å². The maximum atomic E-state index is 5.41. The number of fused-ring (bicyclic) bond motifs is 1. The summed E-state index contributed by atoms with van der Waals surface area (Å²) in [6.07, 6.45) is 2.44. The molecular weight excluding hydrogens is 358 g/mol. The molecule has 1 aromatic carbocycles. The van der Waals surface area contributed by atoms with Crippen LogP contribution in [0.25, 0.3) is 11.0 Å². The van der Waals surface area contributed by atoms with Gasteiger partial charge in [-0.25, -0.2) is 14.6 Å². The summed E-state index contributed by atoms with van der Waals surface area (Å²) in [6.45, 7) is 0.813. The number of ether oxygens (including phenoxy) is 1. The van der Waals surface area contributed by atoms with E-state index in [1.807, 2.05) is 32.3 Å². The van der Waals surface area contributed by atoms with Crippen molar-refractivity contribution >= 4 is 32.8 Å². The monoisotopic (exact) mass is 375 g/mol. The van der Waals surface area contributed by atoms with Gasteiger partial charge >= 0.3 is 0 Å².